The van der Waals surface area contributed by atoms with E-state index in [-0.39, 0.29) is 4.90 Å². The Hall–Kier alpha value is -2.38. The molecule has 0 unspecified atom stereocenters. The van der Waals surface area contributed by atoms with Gasteiger partial charge in [0.25, 0.3) is 0 Å². The summed E-state index contributed by atoms with van der Waals surface area (Å²) in [6, 6.07) is 22.1. The molecule has 3 rings (SSSR count). The SMILES string of the molecule is NS(=O)(=O)c1ccc(CCNCc2ccccc2OCc2ccccc2Cl)cc1. The van der Waals surface area contributed by atoms with Crippen LogP contribution in [0.2, 0.25) is 5.02 Å². The van der Waals surface area contributed by atoms with E-state index in [1.54, 1.807) is 12.1 Å². The van der Waals surface area contributed by atoms with E-state index in [1.807, 2.05) is 48.5 Å². The van der Waals surface area contributed by atoms with Gasteiger partial charge in [-0.3, -0.25) is 0 Å². The minimum Gasteiger partial charge on any atom is -0.489 e. The first-order valence-electron chi connectivity index (χ1n) is 9.20. The fourth-order valence-electron chi connectivity index (χ4n) is 2.86. The van der Waals surface area contributed by atoms with Crippen LogP contribution in [0.5, 0.6) is 5.75 Å². The highest BCUT2D eigenvalue weighted by Gasteiger charge is 2.07. The molecule has 0 radical (unpaired) electrons. The van der Waals surface area contributed by atoms with Crippen LogP contribution in [-0.2, 0) is 29.6 Å². The number of hydrogen-bond acceptors (Lipinski definition) is 4. The van der Waals surface area contributed by atoms with Gasteiger partial charge in [0.2, 0.25) is 10.0 Å². The molecule has 0 aliphatic heterocycles. The molecule has 0 aromatic heterocycles. The van der Waals surface area contributed by atoms with Crippen molar-refractivity contribution in [2.45, 2.75) is 24.5 Å². The van der Waals surface area contributed by atoms with E-state index in [1.165, 1.54) is 12.1 Å². The summed E-state index contributed by atoms with van der Waals surface area (Å²) in [7, 11) is -3.65. The molecule has 3 aromatic rings. The molecular weight excluding hydrogens is 408 g/mol. The van der Waals surface area contributed by atoms with Gasteiger partial charge >= 0.3 is 0 Å². The lowest BCUT2D eigenvalue weighted by molar-refractivity contribution is 0.302. The normalized spacial score (nSPS) is 11.4. The summed E-state index contributed by atoms with van der Waals surface area (Å²) in [4.78, 5) is 0.124. The fraction of sp³-hybridized carbons (Fsp3) is 0.182. The number of halogens is 1. The maximum absolute atomic E-state index is 11.3. The number of sulfonamides is 1. The molecule has 0 saturated carbocycles. The van der Waals surface area contributed by atoms with Crippen molar-refractivity contribution in [3.8, 4) is 5.75 Å². The van der Waals surface area contributed by atoms with E-state index in [0.29, 0.717) is 18.2 Å². The molecule has 0 atom stereocenters. The molecule has 0 aliphatic rings. The fourth-order valence-corrected chi connectivity index (χ4v) is 3.57. The second-order valence-corrected chi connectivity index (χ2v) is 8.57. The monoisotopic (exact) mass is 430 g/mol. The van der Waals surface area contributed by atoms with Crippen molar-refractivity contribution in [3.05, 3.63) is 94.5 Å². The van der Waals surface area contributed by atoms with Gasteiger partial charge in [-0.2, -0.15) is 0 Å². The lowest BCUT2D eigenvalue weighted by Gasteiger charge is -2.13. The van der Waals surface area contributed by atoms with Gasteiger partial charge in [0, 0.05) is 22.7 Å². The first-order chi connectivity index (χ1) is 13.9. The molecule has 29 heavy (non-hydrogen) atoms. The molecule has 5 nitrogen and oxygen atoms in total. The molecule has 0 heterocycles. The standard InChI is InChI=1S/C22H23ClN2O3S/c23-21-7-3-1-6-19(21)16-28-22-8-4-2-5-18(22)15-25-14-13-17-9-11-20(12-10-17)29(24,26)27/h1-12,25H,13-16H2,(H2,24,26,27). The molecule has 0 spiro atoms. The third-order valence-electron chi connectivity index (χ3n) is 4.47. The molecular formula is C22H23ClN2O3S. The Balaban J connectivity index is 1.51. The summed E-state index contributed by atoms with van der Waals surface area (Å²) in [5, 5.41) is 9.20. The van der Waals surface area contributed by atoms with E-state index in [9.17, 15) is 8.42 Å². The third-order valence-corrected chi connectivity index (χ3v) is 5.77. The van der Waals surface area contributed by atoms with Crippen LogP contribution in [-0.4, -0.2) is 15.0 Å². The summed E-state index contributed by atoms with van der Waals surface area (Å²) >= 11 is 6.19. The van der Waals surface area contributed by atoms with Gasteiger partial charge in [-0.05, 0) is 42.8 Å². The zero-order chi connectivity index (χ0) is 20.7. The van der Waals surface area contributed by atoms with Crippen molar-refractivity contribution in [2.24, 2.45) is 5.14 Å². The first kappa shape index (κ1) is 21.3. The maximum Gasteiger partial charge on any atom is 0.238 e. The topological polar surface area (TPSA) is 81.4 Å². The number of ether oxygens (including phenoxy) is 1. The zero-order valence-corrected chi connectivity index (χ0v) is 17.4. The van der Waals surface area contributed by atoms with Crippen LogP contribution >= 0.6 is 11.6 Å². The molecule has 0 fully saturated rings. The zero-order valence-electron chi connectivity index (χ0n) is 15.8. The summed E-state index contributed by atoms with van der Waals surface area (Å²) in [6.45, 7) is 1.81. The Morgan fingerprint density at radius 1 is 0.897 bits per heavy atom. The molecule has 0 saturated heterocycles. The molecule has 0 bridgehead atoms. The van der Waals surface area contributed by atoms with E-state index in [0.717, 1.165) is 35.4 Å². The minimum absolute atomic E-state index is 0.124. The summed E-state index contributed by atoms with van der Waals surface area (Å²) < 4.78 is 28.6. The third kappa shape index (κ3) is 6.30. The van der Waals surface area contributed by atoms with Crippen molar-refractivity contribution in [3.63, 3.8) is 0 Å². The van der Waals surface area contributed by atoms with Crippen molar-refractivity contribution in [2.75, 3.05) is 6.54 Å². The van der Waals surface area contributed by atoms with Crippen LogP contribution in [0.15, 0.2) is 77.7 Å². The average molecular weight is 431 g/mol. The Morgan fingerprint density at radius 2 is 1.55 bits per heavy atom. The molecule has 152 valence electrons. The second-order valence-electron chi connectivity index (χ2n) is 6.60. The Labute approximate surface area is 176 Å². The molecule has 7 heteroatoms. The van der Waals surface area contributed by atoms with Crippen LogP contribution < -0.4 is 15.2 Å². The van der Waals surface area contributed by atoms with Crippen LogP contribution in [0.1, 0.15) is 16.7 Å². The van der Waals surface area contributed by atoms with Crippen LogP contribution in [0.4, 0.5) is 0 Å². The molecule has 3 N–H and O–H groups in total. The van der Waals surface area contributed by atoms with Crippen molar-refractivity contribution in [1.29, 1.82) is 0 Å². The molecule has 0 amide bonds. The number of primary sulfonamides is 1. The number of nitrogens with one attached hydrogen (secondary N) is 1. The van der Waals surface area contributed by atoms with E-state index >= 15 is 0 Å². The van der Waals surface area contributed by atoms with E-state index < -0.39 is 10.0 Å². The lowest BCUT2D eigenvalue weighted by Crippen LogP contribution is -2.17. The average Bonchev–Trinajstić information content (AvgIpc) is 2.71. The Bertz CT molecular complexity index is 1050. The van der Waals surface area contributed by atoms with Gasteiger partial charge in [0.05, 0.1) is 4.90 Å². The van der Waals surface area contributed by atoms with Gasteiger partial charge in [-0.15, -0.1) is 0 Å². The maximum atomic E-state index is 11.3. The van der Waals surface area contributed by atoms with Gasteiger partial charge in [-0.1, -0.05) is 60.1 Å². The highest BCUT2D eigenvalue weighted by Crippen LogP contribution is 2.22. The predicted octanol–water partition coefficient (Wildman–Crippen LogP) is 3.90. The minimum atomic E-state index is -3.65. The van der Waals surface area contributed by atoms with Crippen molar-refractivity contribution >= 4 is 21.6 Å². The number of nitrogens with two attached hydrogens (primary N) is 1. The second kappa shape index (κ2) is 9.89. The number of hydrogen-bond donors (Lipinski definition) is 2. The van der Waals surface area contributed by atoms with Crippen molar-refractivity contribution in [1.82, 2.24) is 5.32 Å². The predicted molar refractivity (Wildman–Crippen MR) is 115 cm³/mol. The lowest BCUT2D eigenvalue weighted by atomic mass is 10.1. The van der Waals surface area contributed by atoms with Crippen LogP contribution in [0, 0.1) is 0 Å². The van der Waals surface area contributed by atoms with Crippen LogP contribution in [0.25, 0.3) is 0 Å². The molecule has 0 aliphatic carbocycles. The quantitative estimate of drug-likeness (QED) is 0.504. The van der Waals surface area contributed by atoms with Gasteiger partial charge < -0.3 is 10.1 Å². The van der Waals surface area contributed by atoms with Crippen LogP contribution in [0.3, 0.4) is 0 Å². The highest BCUT2D eigenvalue weighted by molar-refractivity contribution is 7.89. The Kier molecular flexibility index (Phi) is 7.28. The first-order valence-corrected chi connectivity index (χ1v) is 11.1. The Morgan fingerprint density at radius 3 is 2.24 bits per heavy atom. The number of benzene rings is 3. The number of para-hydroxylation sites is 1. The van der Waals surface area contributed by atoms with E-state index in [2.05, 4.69) is 5.32 Å². The van der Waals surface area contributed by atoms with E-state index in [4.69, 9.17) is 21.5 Å². The molecule has 3 aromatic carbocycles. The summed E-state index contributed by atoms with van der Waals surface area (Å²) in [6.07, 6.45) is 0.771. The van der Waals surface area contributed by atoms with Gasteiger partial charge in [0.15, 0.2) is 0 Å². The van der Waals surface area contributed by atoms with Gasteiger partial charge in [-0.25, -0.2) is 13.6 Å². The smallest absolute Gasteiger partial charge is 0.238 e. The largest absolute Gasteiger partial charge is 0.489 e. The highest BCUT2D eigenvalue weighted by atomic mass is 35.5. The summed E-state index contributed by atoms with van der Waals surface area (Å²) in [5.74, 6) is 0.817. The number of rotatable bonds is 9. The van der Waals surface area contributed by atoms with Gasteiger partial charge in [0.1, 0.15) is 12.4 Å². The summed E-state index contributed by atoms with van der Waals surface area (Å²) in [5.41, 5.74) is 3.04. The van der Waals surface area contributed by atoms with Crippen molar-refractivity contribution < 1.29 is 13.2 Å².